The molecule has 1 heterocycles. The van der Waals surface area contributed by atoms with Crippen LogP contribution in [-0.2, 0) is 16.0 Å². The molecule has 192 valence electrons. The highest BCUT2D eigenvalue weighted by molar-refractivity contribution is 5.94. The van der Waals surface area contributed by atoms with Crippen LogP contribution in [0.15, 0.2) is 42.5 Å². The zero-order chi connectivity index (χ0) is 26.2. The average molecular weight is 499 g/mol. The number of amides is 3. The van der Waals surface area contributed by atoms with Crippen molar-refractivity contribution < 1.29 is 28.8 Å². The standard InChI is InChI=1S/C25H30N4O7/c1-16(30)26-21(14-17-4-9-22(35-2)23(15-17)36-3)24(31)27-19-10-12-28(13-11-19)25(32)18-5-7-20(8-6-18)29(33)34/h4-9,15,19,21H,10-14H2,1-3H3,(H,26,30)(H,27,31)/t21-/m1/s1. The Bertz CT molecular complexity index is 1110. The molecule has 2 aromatic rings. The Hall–Kier alpha value is -4.15. The first-order valence-electron chi connectivity index (χ1n) is 11.5. The second-order valence-electron chi connectivity index (χ2n) is 8.53. The summed E-state index contributed by atoms with van der Waals surface area (Å²) in [6.45, 7) is 2.22. The van der Waals surface area contributed by atoms with Crippen molar-refractivity contribution in [1.29, 1.82) is 0 Å². The van der Waals surface area contributed by atoms with Gasteiger partial charge >= 0.3 is 0 Å². The summed E-state index contributed by atoms with van der Waals surface area (Å²) < 4.78 is 10.6. The highest BCUT2D eigenvalue weighted by atomic mass is 16.6. The number of nitro groups is 1. The lowest BCUT2D eigenvalue weighted by atomic mass is 10.0. The van der Waals surface area contributed by atoms with Crippen LogP contribution in [0, 0.1) is 10.1 Å². The zero-order valence-electron chi connectivity index (χ0n) is 20.5. The van der Waals surface area contributed by atoms with Crippen molar-refractivity contribution in [2.45, 2.75) is 38.3 Å². The van der Waals surface area contributed by atoms with E-state index in [4.69, 9.17) is 9.47 Å². The molecule has 0 saturated carbocycles. The molecule has 36 heavy (non-hydrogen) atoms. The molecule has 0 spiro atoms. The number of rotatable bonds is 9. The molecule has 2 N–H and O–H groups in total. The first-order valence-corrected chi connectivity index (χ1v) is 11.5. The van der Waals surface area contributed by atoms with Crippen LogP contribution in [0.5, 0.6) is 11.5 Å². The molecular weight excluding hydrogens is 468 g/mol. The van der Waals surface area contributed by atoms with Crippen LogP contribution in [0.3, 0.4) is 0 Å². The minimum absolute atomic E-state index is 0.0743. The number of piperidine rings is 1. The maximum Gasteiger partial charge on any atom is 0.269 e. The fourth-order valence-corrected chi connectivity index (χ4v) is 4.13. The molecule has 3 amide bonds. The van der Waals surface area contributed by atoms with Gasteiger partial charge in [0.2, 0.25) is 11.8 Å². The van der Waals surface area contributed by atoms with Crippen molar-refractivity contribution in [3.63, 3.8) is 0 Å². The Morgan fingerprint density at radius 3 is 2.25 bits per heavy atom. The van der Waals surface area contributed by atoms with Gasteiger partial charge in [-0.3, -0.25) is 24.5 Å². The van der Waals surface area contributed by atoms with E-state index in [1.165, 1.54) is 45.4 Å². The number of carbonyl (C=O) groups excluding carboxylic acids is 3. The number of carbonyl (C=O) groups is 3. The van der Waals surface area contributed by atoms with Gasteiger partial charge < -0.3 is 25.0 Å². The summed E-state index contributed by atoms with van der Waals surface area (Å²) in [4.78, 5) is 49.5. The van der Waals surface area contributed by atoms with Crippen LogP contribution in [-0.4, -0.2) is 66.9 Å². The third kappa shape index (κ3) is 6.71. The highest BCUT2D eigenvalue weighted by Crippen LogP contribution is 2.28. The van der Waals surface area contributed by atoms with Gasteiger partial charge in [-0.1, -0.05) is 6.07 Å². The summed E-state index contributed by atoms with van der Waals surface area (Å²) in [5.74, 6) is 0.261. The largest absolute Gasteiger partial charge is 0.493 e. The van der Waals surface area contributed by atoms with Crippen LogP contribution in [0.4, 0.5) is 5.69 Å². The molecule has 3 rings (SSSR count). The van der Waals surface area contributed by atoms with Gasteiger partial charge in [0, 0.05) is 50.2 Å². The van der Waals surface area contributed by atoms with Crippen molar-refractivity contribution in [3.05, 3.63) is 63.7 Å². The number of nitrogens with one attached hydrogen (secondary N) is 2. The summed E-state index contributed by atoms with van der Waals surface area (Å²) in [6, 6.07) is 9.90. The summed E-state index contributed by atoms with van der Waals surface area (Å²) in [5, 5.41) is 16.5. The summed E-state index contributed by atoms with van der Waals surface area (Å²) in [5.41, 5.74) is 1.10. The molecular formula is C25H30N4O7. The average Bonchev–Trinajstić information content (AvgIpc) is 2.88. The summed E-state index contributed by atoms with van der Waals surface area (Å²) in [6.07, 6.45) is 1.37. The van der Waals surface area contributed by atoms with Gasteiger partial charge in [-0.25, -0.2) is 0 Å². The SMILES string of the molecule is COc1ccc(C[C@@H](NC(C)=O)C(=O)NC2CCN(C(=O)c3ccc([N+](=O)[O-])cc3)CC2)cc1OC. The lowest BCUT2D eigenvalue weighted by Crippen LogP contribution is -2.53. The van der Waals surface area contributed by atoms with E-state index in [1.807, 2.05) is 6.07 Å². The molecule has 1 saturated heterocycles. The maximum atomic E-state index is 13.0. The van der Waals surface area contributed by atoms with Crippen LogP contribution < -0.4 is 20.1 Å². The lowest BCUT2D eigenvalue weighted by Gasteiger charge is -2.33. The quantitative estimate of drug-likeness (QED) is 0.398. The van der Waals surface area contributed by atoms with E-state index in [0.717, 1.165) is 5.56 Å². The van der Waals surface area contributed by atoms with E-state index < -0.39 is 11.0 Å². The van der Waals surface area contributed by atoms with Gasteiger partial charge in [0.05, 0.1) is 19.1 Å². The molecule has 1 aliphatic rings. The Labute approximate surface area is 208 Å². The van der Waals surface area contributed by atoms with Crippen molar-refractivity contribution in [2.75, 3.05) is 27.3 Å². The van der Waals surface area contributed by atoms with Crippen molar-refractivity contribution >= 4 is 23.4 Å². The minimum atomic E-state index is -0.777. The predicted molar refractivity (Wildman–Crippen MR) is 131 cm³/mol. The second-order valence-corrected chi connectivity index (χ2v) is 8.53. The molecule has 0 bridgehead atoms. The maximum absolute atomic E-state index is 13.0. The number of benzene rings is 2. The fourth-order valence-electron chi connectivity index (χ4n) is 4.13. The number of hydrogen-bond acceptors (Lipinski definition) is 7. The van der Waals surface area contributed by atoms with Crippen molar-refractivity contribution in [1.82, 2.24) is 15.5 Å². The molecule has 0 aromatic heterocycles. The molecule has 1 fully saturated rings. The van der Waals surface area contributed by atoms with Gasteiger partial charge in [0.25, 0.3) is 11.6 Å². The number of non-ortho nitro benzene ring substituents is 1. The van der Waals surface area contributed by atoms with Crippen LogP contribution in [0.1, 0.15) is 35.7 Å². The van der Waals surface area contributed by atoms with Gasteiger partial charge in [-0.15, -0.1) is 0 Å². The molecule has 0 unspecified atom stereocenters. The van der Waals surface area contributed by atoms with Gasteiger partial charge in [0.15, 0.2) is 11.5 Å². The van der Waals surface area contributed by atoms with E-state index in [9.17, 15) is 24.5 Å². The molecule has 0 radical (unpaired) electrons. The number of nitrogens with zero attached hydrogens (tertiary/aromatic N) is 2. The first-order chi connectivity index (χ1) is 17.2. The van der Waals surface area contributed by atoms with E-state index in [1.54, 1.807) is 17.0 Å². The second kappa shape index (κ2) is 12.0. The molecule has 1 atom stereocenters. The number of methoxy groups -OCH3 is 2. The number of nitro benzene ring substituents is 1. The van der Waals surface area contributed by atoms with Crippen LogP contribution in [0.2, 0.25) is 0 Å². The molecule has 2 aromatic carbocycles. The first kappa shape index (κ1) is 26.5. The number of hydrogen-bond donors (Lipinski definition) is 2. The smallest absolute Gasteiger partial charge is 0.269 e. The molecule has 11 heteroatoms. The minimum Gasteiger partial charge on any atom is -0.493 e. The third-order valence-electron chi connectivity index (χ3n) is 6.04. The lowest BCUT2D eigenvalue weighted by molar-refractivity contribution is -0.384. The highest BCUT2D eigenvalue weighted by Gasteiger charge is 2.28. The Morgan fingerprint density at radius 1 is 1.06 bits per heavy atom. The molecule has 1 aliphatic heterocycles. The van der Waals surface area contributed by atoms with Crippen molar-refractivity contribution in [3.8, 4) is 11.5 Å². The molecule has 0 aliphatic carbocycles. The van der Waals surface area contributed by atoms with E-state index in [0.29, 0.717) is 43.0 Å². The van der Waals surface area contributed by atoms with Crippen molar-refractivity contribution in [2.24, 2.45) is 0 Å². The fraction of sp³-hybridized carbons (Fsp3) is 0.400. The molecule has 11 nitrogen and oxygen atoms in total. The van der Waals surface area contributed by atoms with Crippen LogP contribution >= 0.6 is 0 Å². The zero-order valence-corrected chi connectivity index (χ0v) is 20.5. The Morgan fingerprint density at radius 2 is 1.69 bits per heavy atom. The van der Waals surface area contributed by atoms with Crippen LogP contribution in [0.25, 0.3) is 0 Å². The summed E-state index contributed by atoms with van der Waals surface area (Å²) >= 11 is 0. The number of ether oxygens (including phenoxy) is 2. The third-order valence-corrected chi connectivity index (χ3v) is 6.04. The normalized spacial score (nSPS) is 14.5. The number of likely N-dealkylation sites (tertiary alicyclic amines) is 1. The van der Waals surface area contributed by atoms with Gasteiger partial charge in [0.1, 0.15) is 6.04 Å². The summed E-state index contributed by atoms with van der Waals surface area (Å²) in [7, 11) is 3.06. The van der Waals surface area contributed by atoms with E-state index >= 15 is 0 Å². The van der Waals surface area contributed by atoms with Gasteiger partial charge in [-0.05, 0) is 42.7 Å². The monoisotopic (exact) mass is 498 g/mol. The predicted octanol–water partition coefficient (Wildman–Crippen LogP) is 2.08. The topological polar surface area (TPSA) is 140 Å². The Balaban J connectivity index is 1.58. The van der Waals surface area contributed by atoms with Gasteiger partial charge in [-0.2, -0.15) is 0 Å². The van der Waals surface area contributed by atoms with E-state index in [-0.39, 0.29) is 35.9 Å². The van der Waals surface area contributed by atoms with E-state index in [2.05, 4.69) is 10.6 Å². The Kier molecular flexibility index (Phi) is 8.82.